The van der Waals surface area contributed by atoms with Crippen molar-refractivity contribution in [1.29, 1.82) is 0 Å². The predicted octanol–water partition coefficient (Wildman–Crippen LogP) is 5.80. The fraction of sp³-hybridized carbons (Fsp3) is 0.719. The van der Waals surface area contributed by atoms with Gasteiger partial charge in [-0.1, -0.05) is 63.6 Å². The number of ether oxygens (including phenoxy) is 1. The topological polar surface area (TPSA) is 87.0 Å². The highest BCUT2D eigenvalue weighted by Gasteiger charge is 2.56. The molecule has 3 N–H and O–H groups in total. The normalized spacial score (nSPS) is 37.1. The van der Waals surface area contributed by atoms with Crippen LogP contribution in [0.25, 0.3) is 0 Å². The fourth-order valence-electron chi connectivity index (χ4n) is 7.42. The SMILES string of the molecule is C=C1C(=CC=C2CCC[C@]3(C)[C@@H](C(C)C=CC(O)C4(C(=O)OCCCC)CC4)CC[C@@H]23)C[C@@H](O)C[C@@H]1O. The van der Waals surface area contributed by atoms with Crippen LogP contribution in [0.5, 0.6) is 0 Å². The Hall–Kier alpha value is -1.69. The Balaban J connectivity index is 1.42. The zero-order valence-electron chi connectivity index (χ0n) is 23.1. The van der Waals surface area contributed by atoms with Crippen LogP contribution in [0.3, 0.4) is 0 Å². The van der Waals surface area contributed by atoms with E-state index in [4.69, 9.17) is 4.74 Å². The highest BCUT2D eigenvalue weighted by Crippen LogP contribution is 2.59. The Morgan fingerprint density at radius 3 is 2.65 bits per heavy atom. The quantitative estimate of drug-likeness (QED) is 0.206. The number of unbranched alkanes of at least 4 members (excludes halogenated alkanes) is 1. The van der Waals surface area contributed by atoms with Crippen LogP contribution in [0.1, 0.15) is 91.4 Å². The summed E-state index contributed by atoms with van der Waals surface area (Å²) < 4.78 is 5.44. The van der Waals surface area contributed by atoms with Crippen LogP contribution in [0.15, 0.2) is 47.6 Å². The molecule has 2 unspecified atom stereocenters. The fourth-order valence-corrected chi connectivity index (χ4v) is 7.42. The number of aliphatic hydroxyl groups excluding tert-OH is 3. The average molecular weight is 513 g/mol. The molecule has 4 saturated carbocycles. The van der Waals surface area contributed by atoms with Crippen LogP contribution in [0.4, 0.5) is 0 Å². The molecule has 0 heterocycles. The van der Waals surface area contributed by atoms with Crippen molar-refractivity contribution in [3.63, 3.8) is 0 Å². The number of aliphatic hydroxyl groups is 3. The smallest absolute Gasteiger partial charge is 0.315 e. The van der Waals surface area contributed by atoms with Gasteiger partial charge in [0.2, 0.25) is 0 Å². The van der Waals surface area contributed by atoms with Gasteiger partial charge in [-0.15, -0.1) is 0 Å². The largest absolute Gasteiger partial charge is 0.465 e. The maximum atomic E-state index is 12.6. The van der Waals surface area contributed by atoms with Crippen LogP contribution in [-0.2, 0) is 9.53 Å². The minimum Gasteiger partial charge on any atom is -0.465 e. The van der Waals surface area contributed by atoms with Crippen molar-refractivity contribution in [3.05, 3.63) is 47.6 Å². The third-order valence-electron chi connectivity index (χ3n) is 10.0. The van der Waals surface area contributed by atoms with Gasteiger partial charge in [0.1, 0.15) is 0 Å². The Labute approximate surface area is 223 Å². The van der Waals surface area contributed by atoms with Crippen LogP contribution in [0, 0.1) is 28.6 Å². The van der Waals surface area contributed by atoms with Crippen molar-refractivity contribution in [2.24, 2.45) is 28.6 Å². The Morgan fingerprint density at radius 1 is 1.19 bits per heavy atom. The molecule has 0 aromatic rings. The van der Waals surface area contributed by atoms with E-state index < -0.39 is 23.7 Å². The Morgan fingerprint density at radius 2 is 1.95 bits per heavy atom. The Kier molecular flexibility index (Phi) is 8.87. The standard InChI is InChI=1S/C32H48O5/c1-5-6-18-37-30(36)32(16-17-32)29(35)14-9-21(2)26-12-13-27-23(8-7-15-31(26,27)4)10-11-24-19-25(33)20-28(34)22(24)3/h9-11,14,21,25-29,33-35H,3,5-8,12-13,15-20H2,1-2,4H3/t21?,25-,26-,27+,28+,29?,31-/m1/s1. The summed E-state index contributed by atoms with van der Waals surface area (Å²) in [4.78, 5) is 12.6. The Bertz CT molecular complexity index is 941. The molecule has 0 aromatic carbocycles. The van der Waals surface area contributed by atoms with E-state index in [1.807, 2.05) is 6.08 Å². The zero-order chi connectivity index (χ0) is 26.8. The number of rotatable bonds is 9. The van der Waals surface area contributed by atoms with Gasteiger partial charge >= 0.3 is 5.97 Å². The maximum absolute atomic E-state index is 12.6. The minimum absolute atomic E-state index is 0.205. The van der Waals surface area contributed by atoms with Gasteiger partial charge in [-0.2, -0.15) is 0 Å². The van der Waals surface area contributed by atoms with Crippen molar-refractivity contribution in [2.45, 2.75) is 110 Å². The van der Waals surface area contributed by atoms with Gasteiger partial charge in [0.25, 0.3) is 0 Å². The van der Waals surface area contributed by atoms with E-state index in [9.17, 15) is 20.1 Å². The van der Waals surface area contributed by atoms with E-state index in [1.165, 1.54) is 12.0 Å². The third-order valence-corrected chi connectivity index (χ3v) is 10.0. The van der Waals surface area contributed by atoms with Crippen LogP contribution >= 0.6 is 0 Å². The molecule has 4 rings (SSSR count). The van der Waals surface area contributed by atoms with E-state index in [2.05, 4.69) is 45.6 Å². The molecule has 0 amide bonds. The second-order valence-electron chi connectivity index (χ2n) is 12.5. The van der Waals surface area contributed by atoms with Crippen molar-refractivity contribution in [2.75, 3.05) is 6.61 Å². The first kappa shape index (κ1) is 28.3. The van der Waals surface area contributed by atoms with Crippen molar-refractivity contribution < 1.29 is 24.9 Å². The number of allylic oxidation sites excluding steroid dienone is 4. The molecular weight excluding hydrogens is 464 g/mol. The second-order valence-corrected chi connectivity index (χ2v) is 12.5. The second kappa shape index (κ2) is 11.6. The lowest BCUT2D eigenvalue weighted by Gasteiger charge is -2.44. The molecule has 5 heteroatoms. The molecule has 4 fully saturated rings. The predicted molar refractivity (Wildman–Crippen MR) is 147 cm³/mol. The van der Waals surface area contributed by atoms with Gasteiger partial charge in [-0.05, 0) is 92.1 Å². The molecule has 0 bridgehead atoms. The summed E-state index contributed by atoms with van der Waals surface area (Å²) in [6.07, 6.45) is 16.4. The zero-order valence-corrected chi connectivity index (χ0v) is 23.1. The third kappa shape index (κ3) is 5.84. The summed E-state index contributed by atoms with van der Waals surface area (Å²) >= 11 is 0. The van der Waals surface area contributed by atoms with Gasteiger partial charge in [0.15, 0.2) is 0 Å². The van der Waals surface area contributed by atoms with E-state index in [-0.39, 0.29) is 11.4 Å². The summed E-state index contributed by atoms with van der Waals surface area (Å²) in [7, 11) is 0. The molecular formula is C32H48O5. The molecule has 0 spiro atoms. The maximum Gasteiger partial charge on any atom is 0.315 e. The summed E-state index contributed by atoms with van der Waals surface area (Å²) in [5, 5.41) is 31.2. The number of carbonyl (C=O) groups excluding carboxylic acids is 1. The van der Waals surface area contributed by atoms with Gasteiger partial charge in [-0.3, -0.25) is 4.79 Å². The summed E-state index contributed by atoms with van der Waals surface area (Å²) in [6.45, 7) is 11.3. The molecule has 5 nitrogen and oxygen atoms in total. The van der Waals surface area contributed by atoms with Gasteiger partial charge < -0.3 is 20.1 Å². The summed E-state index contributed by atoms with van der Waals surface area (Å²) in [5.41, 5.74) is 2.66. The lowest BCUT2D eigenvalue weighted by Crippen LogP contribution is -2.36. The van der Waals surface area contributed by atoms with Crippen molar-refractivity contribution in [1.82, 2.24) is 0 Å². The molecule has 7 atom stereocenters. The van der Waals surface area contributed by atoms with E-state index >= 15 is 0 Å². The van der Waals surface area contributed by atoms with Gasteiger partial charge in [-0.25, -0.2) is 0 Å². The molecule has 37 heavy (non-hydrogen) atoms. The molecule has 0 saturated heterocycles. The highest BCUT2D eigenvalue weighted by atomic mass is 16.5. The lowest BCUT2D eigenvalue weighted by atomic mass is 9.61. The number of hydrogen-bond acceptors (Lipinski definition) is 5. The minimum atomic E-state index is -0.781. The van der Waals surface area contributed by atoms with E-state index in [0.29, 0.717) is 50.0 Å². The monoisotopic (exact) mass is 512 g/mol. The first-order chi connectivity index (χ1) is 17.6. The highest BCUT2D eigenvalue weighted by molar-refractivity contribution is 5.81. The summed E-state index contributed by atoms with van der Waals surface area (Å²) in [5.74, 6) is 1.13. The molecule has 0 aromatic heterocycles. The van der Waals surface area contributed by atoms with Crippen LogP contribution in [-0.4, -0.2) is 46.2 Å². The van der Waals surface area contributed by atoms with Crippen LogP contribution in [0.2, 0.25) is 0 Å². The molecule has 0 aliphatic heterocycles. The number of carbonyl (C=O) groups is 1. The first-order valence-electron chi connectivity index (χ1n) is 14.6. The van der Waals surface area contributed by atoms with E-state index in [1.54, 1.807) is 0 Å². The van der Waals surface area contributed by atoms with E-state index in [0.717, 1.165) is 49.7 Å². The molecule has 4 aliphatic carbocycles. The lowest BCUT2D eigenvalue weighted by molar-refractivity contribution is -0.153. The first-order valence-corrected chi connectivity index (χ1v) is 14.6. The number of fused-ring (bicyclic) bond motifs is 1. The summed E-state index contributed by atoms with van der Waals surface area (Å²) in [6, 6.07) is 0. The average Bonchev–Trinajstić information content (AvgIpc) is 3.60. The molecule has 206 valence electrons. The number of esters is 1. The van der Waals surface area contributed by atoms with Gasteiger partial charge in [0, 0.05) is 6.42 Å². The van der Waals surface area contributed by atoms with Crippen molar-refractivity contribution >= 4 is 5.97 Å². The molecule has 4 aliphatic rings. The van der Waals surface area contributed by atoms with Crippen LogP contribution < -0.4 is 0 Å². The van der Waals surface area contributed by atoms with Gasteiger partial charge in [0.05, 0.1) is 30.3 Å². The number of hydrogen-bond donors (Lipinski definition) is 3. The molecule has 0 radical (unpaired) electrons. The van der Waals surface area contributed by atoms with Crippen molar-refractivity contribution in [3.8, 4) is 0 Å².